The second-order valence-electron chi connectivity index (χ2n) is 12.1. The standard InChI is InChI=1S/C27H29NO2.C12H9FN.Pt/c1-27(2,3)26(30)18-21(29)17-14-19-12-15-20(16-13-19)28-24-10-6-4-8-22(24)23-9-5-7-11-25(23)28;1-9-5-6-10(11(13)8-9)12-4-2-3-7-14-12;/h4-13,15-16,18,26,29-30H,14,17H2,1-3H3;2-5,7-8H,1H3;/q;-1;. The Bertz CT molecular complexity index is 1840. The largest absolute Gasteiger partial charge is 0.513 e. The van der Waals surface area contributed by atoms with Gasteiger partial charge in [0.15, 0.2) is 0 Å². The van der Waals surface area contributed by atoms with Crippen molar-refractivity contribution in [3.05, 3.63) is 144 Å². The summed E-state index contributed by atoms with van der Waals surface area (Å²) in [6, 6.07) is 37.0. The first-order chi connectivity index (χ1) is 21.1. The van der Waals surface area contributed by atoms with Crippen LogP contribution in [0.15, 0.2) is 121 Å². The van der Waals surface area contributed by atoms with Gasteiger partial charge in [0.25, 0.3) is 0 Å². The Morgan fingerprint density at radius 3 is 2.07 bits per heavy atom. The molecule has 2 N–H and O–H groups in total. The van der Waals surface area contributed by atoms with Crippen molar-refractivity contribution in [2.45, 2.75) is 46.6 Å². The maximum atomic E-state index is 13.5. The molecule has 2 aromatic heterocycles. The number of halogens is 1. The number of aliphatic hydroxyl groups excluding tert-OH is 2. The molecule has 2 heterocycles. The average molecular weight is 781 g/mol. The average Bonchev–Trinajstić information content (AvgIpc) is 3.35. The summed E-state index contributed by atoms with van der Waals surface area (Å²) in [5, 5.41) is 22.8. The maximum absolute atomic E-state index is 13.5. The Morgan fingerprint density at radius 2 is 1.51 bits per heavy atom. The number of para-hydroxylation sites is 2. The third kappa shape index (κ3) is 8.16. The first kappa shape index (κ1) is 33.8. The monoisotopic (exact) mass is 780 g/mol. The number of aliphatic hydroxyl groups is 2. The van der Waals surface area contributed by atoms with Crippen molar-refractivity contribution >= 4 is 21.8 Å². The predicted octanol–water partition coefficient (Wildman–Crippen LogP) is 9.56. The zero-order valence-electron chi connectivity index (χ0n) is 25.9. The molecule has 0 radical (unpaired) electrons. The zero-order valence-corrected chi connectivity index (χ0v) is 28.2. The van der Waals surface area contributed by atoms with Crippen LogP contribution in [0.25, 0.3) is 38.8 Å². The Labute approximate surface area is 279 Å². The van der Waals surface area contributed by atoms with Crippen LogP contribution in [-0.2, 0) is 27.5 Å². The number of pyridine rings is 1. The van der Waals surface area contributed by atoms with Gasteiger partial charge in [-0.25, -0.2) is 0 Å². The predicted molar refractivity (Wildman–Crippen MR) is 178 cm³/mol. The summed E-state index contributed by atoms with van der Waals surface area (Å²) in [5.41, 5.74) is 6.30. The van der Waals surface area contributed by atoms with Gasteiger partial charge in [0.05, 0.1) is 22.9 Å². The van der Waals surface area contributed by atoms with E-state index in [1.807, 2.05) is 33.8 Å². The van der Waals surface area contributed by atoms with Crippen LogP contribution in [0.2, 0.25) is 0 Å². The topological polar surface area (TPSA) is 58.3 Å². The molecule has 0 fully saturated rings. The van der Waals surface area contributed by atoms with Gasteiger partial charge in [-0.05, 0) is 59.5 Å². The number of benzene rings is 4. The molecule has 6 heteroatoms. The molecule has 0 saturated carbocycles. The second kappa shape index (κ2) is 14.8. The number of nitrogens with zero attached hydrogens (tertiary/aromatic N) is 2. The minimum atomic E-state index is -0.657. The molecule has 6 aromatic rings. The summed E-state index contributed by atoms with van der Waals surface area (Å²) in [5.74, 6) is -0.0346. The van der Waals surface area contributed by atoms with Gasteiger partial charge in [-0.1, -0.05) is 93.9 Å². The second-order valence-corrected chi connectivity index (χ2v) is 12.1. The van der Waals surface area contributed by atoms with E-state index in [1.165, 1.54) is 27.9 Å². The van der Waals surface area contributed by atoms with E-state index in [0.29, 0.717) is 17.7 Å². The van der Waals surface area contributed by atoms with Crippen molar-refractivity contribution in [3.63, 3.8) is 0 Å². The van der Waals surface area contributed by atoms with Crippen molar-refractivity contribution in [2.75, 3.05) is 0 Å². The molecule has 0 aliphatic heterocycles. The molecule has 4 nitrogen and oxygen atoms in total. The minimum Gasteiger partial charge on any atom is -0.513 e. The van der Waals surface area contributed by atoms with E-state index < -0.39 is 6.10 Å². The third-order valence-corrected chi connectivity index (χ3v) is 7.64. The number of aromatic nitrogens is 2. The van der Waals surface area contributed by atoms with Gasteiger partial charge in [-0.2, -0.15) is 0 Å². The molecule has 234 valence electrons. The first-order valence-electron chi connectivity index (χ1n) is 14.9. The van der Waals surface area contributed by atoms with E-state index in [1.54, 1.807) is 30.5 Å². The van der Waals surface area contributed by atoms with Crippen LogP contribution in [-0.4, -0.2) is 25.9 Å². The summed E-state index contributed by atoms with van der Waals surface area (Å²) in [6.07, 6.45) is 3.79. The quantitative estimate of drug-likeness (QED) is 0.131. The van der Waals surface area contributed by atoms with E-state index in [4.69, 9.17) is 0 Å². The third-order valence-electron chi connectivity index (χ3n) is 7.64. The van der Waals surface area contributed by atoms with Gasteiger partial charge in [0, 0.05) is 56.0 Å². The summed E-state index contributed by atoms with van der Waals surface area (Å²) in [6.45, 7) is 7.69. The first-order valence-corrected chi connectivity index (χ1v) is 14.9. The fraction of sp³-hybridized carbons (Fsp3) is 0.205. The van der Waals surface area contributed by atoms with Gasteiger partial charge in [-0.15, -0.1) is 23.8 Å². The number of fused-ring (bicyclic) bond motifs is 3. The van der Waals surface area contributed by atoms with Crippen LogP contribution in [0.4, 0.5) is 4.39 Å². The van der Waals surface area contributed by atoms with Gasteiger partial charge in [0.2, 0.25) is 0 Å². The molecule has 0 bridgehead atoms. The van der Waals surface area contributed by atoms with Crippen molar-refractivity contribution in [2.24, 2.45) is 5.41 Å². The Kier molecular flexibility index (Phi) is 11.1. The van der Waals surface area contributed by atoms with Crippen LogP contribution in [0.3, 0.4) is 0 Å². The smallest absolute Gasteiger partial charge is 0.0912 e. The number of allylic oxidation sites excluding steroid dienone is 1. The number of hydrogen-bond acceptors (Lipinski definition) is 3. The number of aryl methyl sites for hydroxylation is 2. The molecule has 0 spiro atoms. The van der Waals surface area contributed by atoms with Crippen LogP contribution >= 0.6 is 0 Å². The molecule has 4 aromatic carbocycles. The fourth-order valence-corrected chi connectivity index (χ4v) is 5.08. The van der Waals surface area contributed by atoms with E-state index in [9.17, 15) is 14.6 Å². The van der Waals surface area contributed by atoms with Crippen molar-refractivity contribution < 1.29 is 35.7 Å². The van der Waals surface area contributed by atoms with Gasteiger partial charge < -0.3 is 19.8 Å². The Morgan fingerprint density at radius 1 is 0.911 bits per heavy atom. The SMILES string of the molecule is CC(C)(C)C(O)C=C(O)CCc1ccc(-n2c3ccccc3c3ccccc32)cc1.Cc1c[c-]c(-c2ccccn2)c(F)c1.[Pt]. The van der Waals surface area contributed by atoms with Crippen molar-refractivity contribution in [1.82, 2.24) is 9.55 Å². The maximum Gasteiger partial charge on any atom is 0.0912 e. The normalized spacial score (nSPS) is 12.4. The minimum absolute atomic E-state index is 0. The van der Waals surface area contributed by atoms with Crippen LogP contribution in [0, 0.1) is 24.2 Å². The zero-order chi connectivity index (χ0) is 31.3. The van der Waals surface area contributed by atoms with Crippen molar-refractivity contribution in [3.8, 4) is 16.9 Å². The molecule has 0 aliphatic rings. The fourth-order valence-electron chi connectivity index (χ4n) is 5.08. The van der Waals surface area contributed by atoms with Gasteiger partial charge in [0.1, 0.15) is 0 Å². The Balaban J connectivity index is 0.000000258. The van der Waals surface area contributed by atoms with Crippen LogP contribution in [0.1, 0.15) is 38.3 Å². The summed E-state index contributed by atoms with van der Waals surface area (Å²) < 4.78 is 15.8. The molecule has 0 amide bonds. The van der Waals surface area contributed by atoms with Crippen LogP contribution in [0.5, 0.6) is 0 Å². The summed E-state index contributed by atoms with van der Waals surface area (Å²) in [4.78, 5) is 4.07. The van der Waals surface area contributed by atoms with E-state index >= 15 is 0 Å². The summed E-state index contributed by atoms with van der Waals surface area (Å²) >= 11 is 0. The van der Waals surface area contributed by atoms with Gasteiger partial charge >= 0.3 is 0 Å². The molecule has 1 atom stereocenters. The van der Waals surface area contributed by atoms with E-state index in [-0.39, 0.29) is 38.1 Å². The number of hydrogen-bond donors (Lipinski definition) is 2. The van der Waals surface area contributed by atoms with E-state index in [0.717, 1.165) is 23.2 Å². The molecule has 1 unspecified atom stereocenters. The molecular weight excluding hydrogens is 743 g/mol. The molecule has 6 rings (SSSR count). The van der Waals surface area contributed by atoms with Crippen LogP contribution < -0.4 is 0 Å². The summed E-state index contributed by atoms with van der Waals surface area (Å²) in [7, 11) is 0. The van der Waals surface area contributed by atoms with Gasteiger partial charge in [-0.3, -0.25) is 4.39 Å². The molecular formula is C39H38FN2O2Pt-. The molecule has 45 heavy (non-hydrogen) atoms. The molecule has 0 saturated heterocycles. The Hall–Kier alpha value is -4.05. The number of rotatable bonds is 6. The molecule has 0 aliphatic carbocycles. The van der Waals surface area contributed by atoms with Crippen molar-refractivity contribution in [1.29, 1.82) is 0 Å². The van der Waals surface area contributed by atoms with E-state index in [2.05, 4.69) is 88.4 Å².